The molecule has 0 atom stereocenters. The first-order chi connectivity index (χ1) is 16.6. The van der Waals surface area contributed by atoms with Gasteiger partial charge >= 0.3 is 0 Å². The predicted molar refractivity (Wildman–Crippen MR) is 129 cm³/mol. The second-order valence-electron chi connectivity index (χ2n) is 9.71. The van der Waals surface area contributed by atoms with Gasteiger partial charge in [0.2, 0.25) is 5.95 Å². The van der Waals surface area contributed by atoms with E-state index in [9.17, 15) is 9.90 Å². The fourth-order valence-corrected chi connectivity index (χ4v) is 5.05. The molecule has 0 unspecified atom stereocenters. The summed E-state index contributed by atoms with van der Waals surface area (Å²) in [5.74, 6) is 1.21. The Hall–Kier alpha value is -3.29. The molecule has 2 aliphatic heterocycles. The number of hydrogen-bond donors (Lipinski definition) is 1. The quantitative estimate of drug-likeness (QED) is 0.612. The minimum absolute atomic E-state index is 0.0660. The third kappa shape index (κ3) is 3.56. The molecule has 1 N–H and O–H groups in total. The lowest BCUT2D eigenvalue weighted by atomic mass is 9.80. The molecule has 1 aliphatic carbocycles. The number of nitrogens with zero attached hydrogens (tertiary/aromatic N) is 4. The molecule has 1 saturated carbocycles. The molecule has 1 saturated heterocycles. The molecule has 0 radical (unpaired) electrons. The van der Waals surface area contributed by atoms with Crippen molar-refractivity contribution in [3.63, 3.8) is 0 Å². The Morgan fingerprint density at radius 2 is 1.94 bits per heavy atom. The van der Waals surface area contributed by atoms with Crippen molar-refractivity contribution in [2.75, 3.05) is 44.9 Å². The Labute approximate surface area is 199 Å². The second-order valence-corrected chi connectivity index (χ2v) is 9.71. The van der Waals surface area contributed by atoms with E-state index in [2.05, 4.69) is 29.2 Å². The van der Waals surface area contributed by atoms with Gasteiger partial charge in [0.05, 0.1) is 25.2 Å². The lowest BCUT2D eigenvalue weighted by Gasteiger charge is -2.38. The van der Waals surface area contributed by atoms with Crippen LogP contribution in [0.25, 0.3) is 11.1 Å². The van der Waals surface area contributed by atoms with Crippen LogP contribution in [-0.2, 0) is 10.2 Å². The molecule has 2 aromatic carbocycles. The van der Waals surface area contributed by atoms with Crippen molar-refractivity contribution in [1.29, 1.82) is 0 Å². The van der Waals surface area contributed by atoms with Crippen LogP contribution in [0.15, 0.2) is 54.9 Å². The third-order valence-corrected chi connectivity index (χ3v) is 7.25. The summed E-state index contributed by atoms with van der Waals surface area (Å²) in [6, 6.07) is 14.5. The predicted octanol–water partition coefficient (Wildman–Crippen LogP) is 3.51. The van der Waals surface area contributed by atoms with Crippen LogP contribution < -0.4 is 4.90 Å². The van der Waals surface area contributed by atoms with Crippen LogP contribution in [0.4, 0.5) is 11.6 Å². The van der Waals surface area contributed by atoms with Gasteiger partial charge in [0.25, 0.3) is 5.91 Å². The number of hydrogen-bond acceptors (Lipinski definition) is 6. The van der Waals surface area contributed by atoms with Gasteiger partial charge in [-0.1, -0.05) is 30.3 Å². The minimum atomic E-state index is -0.116. The molecule has 2 fully saturated rings. The van der Waals surface area contributed by atoms with Gasteiger partial charge in [0.1, 0.15) is 0 Å². The fourth-order valence-electron chi connectivity index (χ4n) is 5.05. The summed E-state index contributed by atoms with van der Waals surface area (Å²) in [6.07, 6.45) is 6.33. The molecule has 1 aromatic heterocycles. The van der Waals surface area contributed by atoms with E-state index in [0.29, 0.717) is 37.2 Å². The van der Waals surface area contributed by atoms with E-state index in [1.807, 2.05) is 30.6 Å². The van der Waals surface area contributed by atoms with Crippen LogP contribution in [0, 0.1) is 0 Å². The molecule has 3 aliphatic rings. The number of likely N-dealkylation sites (N-methyl/N-ethyl adjacent to an activating group) is 1. The van der Waals surface area contributed by atoms with E-state index in [4.69, 9.17) is 14.7 Å². The number of aliphatic hydroxyl groups is 1. The first-order valence-electron chi connectivity index (χ1n) is 11.9. The maximum Gasteiger partial charge on any atom is 0.253 e. The minimum Gasteiger partial charge on any atom is -0.395 e. The van der Waals surface area contributed by atoms with E-state index in [1.165, 1.54) is 28.9 Å². The summed E-state index contributed by atoms with van der Waals surface area (Å²) >= 11 is 0. The van der Waals surface area contributed by atoms with Crippen LogP contribution in [0.1, 0.15) is 40.2 Å². The smallest absolute Gasteiger partial charge is 0.253 e. The summed E-state index contributed by atoms with van der Waals surface area (Å²) in [6.45, 7) is 2.26. The summed E-state index contributed by atoms with van der Waals surface area (Å²) in [4.78, 5) is 25.9. The SMILES string of the molecule is CN(CCO)C(=O)c1ccc2c(c1)N(c1ncc(-c3cccc(C4CC4)c3)cn1)CC21COC1. The monoisotopic (exact) mass is 456 g/mol. The zero-order valence-electron chi connectivity index (χ0n) is 19.3. The summed E-state index contributed by atoms with van der Waals surface area (Å²) < 4.78 is 5.59. The largest absolute Gasteiger partial charge is 0.395 e. The highest BCUT2D eigenvalue weighted by Crippen LogP contribution is 2.48. The number of fused-ring (bicyclic) bond motifs is 2. The lowest BCUT2D eigenvalue weighted by Crippen LogP contribution is -2.49. The van der Waals surface area contributed by atoms with E-state index in [0.717, 1.165) is 23.4 Å². The van der Waals surface area contributed by atoms with Gasteiger partial charge in [0.15, 0.2) is 0 Å². The Bertz CT molecular complexity index is 1230. The Morgan fingerprint density at radius 1 is 1.15 bits per heavy atom. The Balaban J connectivity index is 1.32. The molecular weight excluding hydrogens is 428 g/mol. The average molecular weight is 457 g/mol. The first kappa shape index (κ1) is 21.3. The highest BCUT2D eigenvalue weighted by Gasteiger charge is 2.49. The lowest BCUT2D eigenvalue weighted by molar-refractivity contribution is -0.0507. The number of rotatable bonds is 6. The average Bonchev–Trinajstić information content (AvgIpc) is 3.64. The number of carbonyl (C=O) groups excluding carboxylic acids is 1. The van der Waals surface area contributed by atoms with Crippen molar-refractivity contribution in [3.8, 4) is 11.1 Å². The standard InChI is InChI=1S/C27H28N4O3/c1-30(9-10-32)25(33)21-7-8-23-24(12-21)31(15-27(23)16-34-17-27)26-28-13-22(14-29-26)20-4-2-3-19(11-20)18-5-6-18/h2-4,7-8,11-14,18,32H,5-6,9-10,15-17H2,1H3. The molecule has 7 heteroatoms. The van der Waals surface area contributed by atoms with Gasteiger partial charge in [-0.05, 0) is 47.6 Å². The topological polar surface area (TPSA) is 78.8 Å². The Kier molecular flexibility index (Phi) is 5.12. The van der Waals surface area contributed by atoms with E-state index >= 15 is 0 Å². The summed E-state index contributed by atoms with van der Waals surface area (Å²) in [5.41, 5.74) is 6.16. The molecule has 1 amide bonds. The maximum absolute atomic E-state index is 12.8. The van der Waals surface area contributed by atoms with Crippen LogP contribution in [0.3, 0.4) is 0 Å². The normalized spacial score (nSPS) is 18.0. The highest BCUT2D eigenvalue weighted by atomic mass is 16.5. The van der Waals surface area contributed by atoms with E-state index in [1.54, 1.807) is 7.05 Å². The first-order valence-corrected chi connectivity index (χ1v) is 11.9. The zero-order chi connectivity index (χ0) is 23.3. The molecule has 3 aromatic rings. The summed E-state index contributed by atoms with van der Waals surface area (Å²) in [5, 5.41) is 9.20. The maximum atomic E-state index is 12.8. The molecule has 34 heavy (non-hydrogen) atoms. The number of benzene rings is 2. The van der Waals surface area contributed by atoms with Crippen molar-refractivity contribution in [2.24, 2.45) is 0 Å². The van der Waals surface area contributed by atoms with E-state index in [-0.39, 0.29) is 17.9 Å². The van der Waals surface area contributed by atoms with Crippen molar-refractivity contribution < 1.29 is 14.6 Å². The fraction of sp³-hybridized carbons (Fsp3) is 0.370. The van der Waals surface area contributed by atoms with Gasteiger partial charge < -0.3 is 19.6 Å². The van der Waals surface area contributed by atoms with Gasteiger partial charge in [0, 0.05) is 49.3 Å². The number of aliphatic hydroxyl groups excluding tert-OH is 1. The third-order valence-electron chi connectivity index (χ3n) is 7.25. The number of ether oxygens (including phenoxy) is 1. The Morgan fingerprint density at radius 3 is 2.62 bits per heavy atom. The number of carbonyl (C=O) groups is 1. The van der Waals surface area contributed by atoms with Crippen LogP contribution in [0.5, 0.6) is 0 Å². The zero-order valence-corrected chi connectivity index (χ0v) is 19.3. The molecule has 174 valence electrons. The second kappa shape index (κ2) is 8.18. The van der Waals surface area contributed by atoms with Gasteiger partial charge in [-0.25, -0.2) is 9.97 Å². The van der Waals surface area contributed by atoms with Crippen LogP contribution >= 0.6 is 0 Å². The molecule has 3 heterocycles. The van der Waals surface area contributed by atoms with Crippen molar-refractivity contribution in [3.05, 3.63) is 71.5 Å². The summed E-state index contributed by atoms with van der Waals surface area (Å²) in [7, 11) is 1.70. The number of aromatic nitrogens is 2. The van der Waals surface area contributed by atoms with Gasteiger partial charge in [-0.2, -0.15) is 0 Å². The molecule has 0 bridgehead atoms. The number of anilines is 2. The van der Waals surface area contributed by atoms with Gasteiger partial charge in [-0.3, -0.25) is 4.79 Å². The molecule has 6 rings (SSSR count). The van der Waals surface area contributed by atoms with Gasteiger partial charge in [-0.15, -0.1) is 0 Å². The van der Waals surface area contributed by atoms with E-state index < -0.39 is 0 Å². The molecular formula is C27H28N4O3. The van der Waals surface area contributed by atoms with Crippen molar-refractivity contribution in [1.82, 2.24) is 14.9 Å². The molecule has 1 spiro atoms. The highest BCUT2D eigenvalue weighted by molar-refractivity contribution is 5.96. The number of amides is 1. The molecule has 7 nitrogen and oxygen atoms in total. The van der Waals surface area contributed by atoms with Crippen molar-refractivity contribution >= 4 is 17.5 Å². The van der Waals surface area contributed by atoms with Crippen LogP contribution in [-0.4, -0.2) is 65.8 Å². The van der Waals surface area contributed by atoms with Crippen molar-refractivity contribution in [2.45, 2.75) is 24.2 Å². The van der Waals surface area contributed by atoms with Crippen LogP contribution in [0.2, 0.25) is 0 Å².